The molecule has 58 heavy (non-hydrogen) atoms. The number of nitrogens with zero attached hydrogens (tertiary/aromatic N) is 1. The Kier molecular flexibility index (Phi) is 6.23. The van der Waals surface area contributed by atoms with Crippen LogP contribution in [0.15, 0.2) is 167 Å². The fourth-order valence-electron chi connectivity index (χ4n) is 10.4. The van der Waals surface area contributed by atoms with Gasteiger partial charge < -0.3 is 13.4 Å². The van der Waals surface area contributed by atoms with Crippen molar-refractivity contribution in [3.05, 3.63) is 174 Å². The Balaban J connectivity index is 1.19. The third-order valence-corrected chi connectivity index (χ3v) is 12.8. The second-order valence-corrected chi connectivity index (χ2v) is 16.2. The molecule has 272 valence electrons. The topological polar surface area (TPSA) is 31.2 Å². The van der Waals surface area contributed by atoms with Crippen LogP contribution < -0.4 is 0 Å². The van der Waals surface area contributed by atoms with E-state index in [4.69, 9.17) is 8.83 Å². The number of para-hydroxylation sites is 3. The number of aryl methyl sites for hydroxylation is 3. The minimum Gasteiger partial charge on any atom is -0.456 e. The van der Waals surface area contributed by atoms with Crippen molar-refractivity contribution in [3.8, 4) is 27.9 Å². The Morgan fingerprint density at radius 2 is 0.914 bits per heavy atom. The molecule has 3 aromatic heterocycles. The highest BCUT2D eigenvalue weighted by Crippen LogP contribution is 2.49. The Labute approximate surface area is 333 Å². The van der Waals surface area contributed by atoms with Gasteiger partial charge in [-0.2, -0.15) is 0 Å². The normalized spacial score (nSPS) is 12.4. The van der Waals surface area contributed by atoms with Gasteiger partial charge in [-0.3, -0.25) is 0 Å². The molecule has 13 rings (SSSR count). The highest BCUT2D eigenvalue weighted by atomic mass is 16.3. The van der Waals surface area contributed by atoms with Crippen molar-refractivity contribution in [3.63, 3.8) is 0 Å². The summed E-state index contributed by atoms with van der Waals surface area (Å²) >= 11 is 0. The van der Waals surface area contributed by atoms with Gasteiger partial charge in [-0.05, 0) is 136 Å². The van der Waals surface area contributed by atoms with E-state index < -0.39 is 0 Å². The SMILES string of the molecule is Cc1cc(C)c(-n2c3ccccc3c3cc4ccc5c(-c6ccc7oc8ccccc8c7c6)cc(-c6ccc7oc8ccccc8c7c6)c6ccc(c4c56)c32)c(C)c1. The first-order valence-electron chi connectivity index (χ1n) is 20.1. The smallest absolute Gasteiger partial charge is 0.135 e. The summed E-state index contributed by atoms with van der Waals surface area (Å²) in [6, 6.07) is 57.9. The molecule has 0 spiro atoms. The number of fused-ring (bicyclic) bond motifs is 10. The van der Waals surface area contributed by atoms with Crippen molar-refractivity contribution in [2.24, 2.45) is 0 Å². The third kappa shape index (κ3) is 4.23. The molecule has 0 atom stereocenters. The van der Waals surface area contributed by atoms with Gasteiger partial charge in [0.05, 0.1) is 16.7 Å². The van der Waals surface area contributed by atoms with Crippen LogP contribution in [0.1, 0.15) is 16.7 Å². The monoisotopic (exact) mass is 741 g/mol. The molecule has 0 aliphatic rings. The zero-order chi connectivity index (χ0) is 38.4. The summed E-state index contributed by atoms with van der Waals surface area (Å²) < 4.78 is 15.2. The maximum Gasteiger partial charge on any atom is 0.135 e. The van der Waals surface area contributed by atoms with Crippen LogP contribution in [0, 0.1) is 20.8 Å². The van der Waals surface area contributed by atoms with Crippen LogP contribution in [0.25, 0.3) is 126 Å². The highest BCUT2D eigenvalue weighted by Gasteiger charge is 2.23. The van der Waals surface area contributed by atoms with Gasteiger partial charge in [0.1, 0.15) is 22.3 Å². The minimum absolute atomic E-state index is 0.900. The molecule has 0 saturated carbocycles. The first kappa shape index (κ1) is 31.8. The van der Waals surface area contributed by atoms with Gasteiger partial charge in [0.25, 0.3) is 0 Å². The molecule has 0 aliphatic carbocycles. The zero-order valence-electron chi connectivity index (χ0n) is 32.3. The molecule has 0 fully saturated rings. The zero-order valence-corrected chi connectivity index (χ0v) is 32.3. The van der Waals surface area contributed by atoms with Crippen LogP contribution in [-0.4, -0.2) is 4.57 Å². The summed E-state index contributed by atoms with van der Waals surface area (Å²) in [5, 5.41) is 14.6. The summed E-state index contributed by atoms with van der Waals surface area (Å²) in [5.74, 6) is 0. The molecule has 0 aliphatic heterocycles. The van der Waals surface area contributed by atoms with Gasteiger partial charge >= 0.3 is 0 Å². The maximum absolute atomic E-state index is 6.31. The molecule has 3 nitrogen and oxygen atoms in total. The molecule has 0 radical (unpaired) electrons. The van der Waals surface area contributed by atoms with E-state index in [9.17, 15) is 0 Å². The quantitative estimate of drug-likeness (QED) is 0.169. The highest BCUT2D eigenvalue weighted by molar-refractivity contribution is 6.34. The average molecular weight is 742 g/mol. The fraction of sp³-hybridized carbons (Fsp3) is 0.0545. The third-order valence-electron chi connectivity index (χ3n) is 12.8. The standard InChI is InChI=1S/C55H35NO2/c1-30-24-31(2)54(32(3)25-30)56-47-13-7-4-10-36(47)46-28-35-16-19-39-42(33-17-22-50-44(26-33)37-11-5-8-14-48(37)57-50)29-43(40-20-21-41(55(46)56)52(35)53(39)40)34-18-23-51-45(27-34)38-12-6-9-15-49(38)58-51/h4-29H,1-3H3. The molecule has 0 bridgehead atoms. The van der Waals surface area contributed by atoms with E-state index in [1.165, 1.54) is 98.8 Å². The molecule has 3 heterocycles. The lowest BCUT2D eigenvalue weighted by atomic mass is 9.84. The van der Waals surface area contributed by atoms with Crippen molar-refractivity contribution in [1.29, 1.82) is 0 Å². The van der Waals surface area contributed by atoms with Crippen LogP contribution in [0.5, 0.6) is 0 Å². The molecule has 0 N–H and O–H groups in total. The summed E-state index contributed by atoms with van der Waals surface area (Å²) in [4.78, 5) is 0. The Bertz CT molecular complexity index is 3730. The Morgan fingerprint density at radius 1 is 0.379 bits per heavy atom. The number of furan rings is 2. The Morgan fingerprint density at radius 3 is 1.55 bits per heavy atom. The van der Waals surface area contributed by atoms with E-state index in [0.717, 1.165) is 43.9 Å². The van der Waals surface area contributed by atoms with E-state index in [1.807, 2.05) is 12.1 Å². The van der Waals surface area contributed by atoms with Crippen LogP contribution >= 0.6 is 0 Å². The van der Waals surface area contributed by atoms with Gasteiger partial charge in [-0.15, -0.1) is 0 Å². The van der Waals surface area contributed by atoms with E-state index in [-0.39, 0.29) is 0 Å². The molecule has 3 heteroatoms. The van der Waals surface area contributed by atoms with Crippen molar-refractivity contribution in [2.75, 3.05) is 0 Å². The predicted octanol–water partition coefficient (Wildman–Crippen LogP) is 15.7. The van der Waals surface area contributed by atoms with Gasteiger partial charge in [0, 0.05) is 37.7 Å². The lowest BCUT2D eigenvalue weighted by molar-refractivity contribution is 0.668. The second-order valence-electron chi connectivity index (χ2n) is 16.2. The first-order valence-corrected chi connectivity index (χ1v) is 20.1. The molecule has 0 amide bonds. The van der Waals surface area contributed by atoms with Crippen LogP contribution in [0.2, 0.25) is 0 Å². The van der Waals surface area contributed by atoms with Gasteiger partial charge in [-0.25, -0.2) is 0 Å². The lowest BCUT2D eigenvalue weighted by Crippen LogP contribution is -2.01. The molecular formula is C55H35NO2. The van der Waals surface area contributed by atoms with Crippen molar-refractivity contribution in [2.45, 2.75) is 20.8 Å². The van der Waals surface area contributed by atoms with E-state index in [1.54, 1.807) is 0 Å². The number of benzene rings is 10. The van der Waals surface area contributed by atoms with Gasteiger partial charge in [-0.1, -0.05) is 109 Å². The van der Waals surface area contributed by atoms with Crippen molar-refractivity contribution < 1.29 is 8.83 Å². The summed E-state index contributed by atoms with van der Waals surface area (Å²) in [5.41, 5.74) is 15.9. The number of aromatic nitrogens is 1. The fourth-order valence-corrected chi connectivity index (χ4v) is 10.4. The molecule has 13 aromatic rings. The number of hydrogen-bond donors (Lipinski definition) is 0. The number of rotatable bonds is 3. The van der Waals surface area contributed by atoms with Gasteiger partial charge in [0.15, 0.2) is 0 Å². The van der Waals surface area contributed by atoms with Crippen molar-refractivity contribution in [1.82, 2.24) is 4.57 Å². The number of hydrogen-bond acceptors (Lipinski definition) is 2. The molecule has 10 aromatic carbocycles. The summed E-state index contributed by atoms with van der Waals surface area (Å²) in [7, 11) is 0. The van der Waals surface area contributed by atoms with E-state index in [0.29, 0.717) is 0 Å². The second kappa shape index (κ2) is 11.4. The largest absolute Gasteiger partial charge is 0.456 e. The first-order chi connectivity index (χ1) is 28.5. The van der Waals surface area contributed by atoms with E-state index in [2.05, 4.69) is 171 Å². The summed E-state index contributed by atoms with van der Waals surface area (Å²) in [6.45, 7) is 6.70. The van der Waals surface area contributed by atoms with Crippen LogP contribution in [0.4, 0.5) is 0 Å². The molecule has 0 saturated heterocycles. The summed E-state index contributed by atoms with van der Waals surface area (Å²) in [6.07, 6.45) is 0. The molecule has 0 unspecified atom stereocenters. The lowest BCUT2D eigenvalue weighted by Gasteiger charge is -2.20. The van der Waals surface area contributed by atoms with Crippen molar-refractivity contribution >= 4 is 98.0 Å². The van der Waals surface area contributed by atoms with Crippen LogP contribution in [0.3, 0.4) is 0 Å². The molecular weight excluding hydrogens is 707 g/mol. The Hall–Kier alpha value is -7.36. The average Bonchev–Trinajstić information content (AvgIpc) is 3.91. The van der Waals surface area contributed by atoms with E-state index >= 15 is 0 Å². The predicted molar refractivity (Wildman–Crippen MR) is 244 cm³/mol. The maximum atomic E-state index is 6.31. The van der Waals surface area contributed by atoms with Crippen LogP contribution in [-0.2, 0) is 0 Å². The van der Waals surface area contributed by atoms with Gasteiger partial charge in [0.2, 0.25) is 0 Å². The minimum atomic E-state index is 0.900.